The Bertz CT molecular complexity index is 1440. The number of benzene rings is 2. The summed E-state index contributed by atoms with van der Waals surface area (Å²) in [6.07, 6.45) is 4.29. The van der Waals surface area contributed by atoms with E-state index in [1.165, 1.54) is 5.56 Å². The molecule has 2 aromatic heterocycles. The Morgan fingerprint density at radius 2 is 1.76 bits per heavy atom. The number of hydrogen-bond acceptors (Lipinski definition) is 8. The van der Waals surface area contributed by atoms with E-state index in [4.69, 9.17) is 24.5 Å². The average Bonchev–Trinajstić information content (AvgIpc) is 3.45. The van der Waals surface area contributed by atoms with Gasteiger partial charge >= 0.3 is 6.09 Å². The van der Waals surface area contributed by atoms with E-state index < -0.39 is 6.09 Å². The van der Waals surface area contributed by atoms with Crippen LogP contribution >= 0.6 is 0 Å². The van der Waals surface area contributed by atoms with Crippen molar-refractivity contribution in [2.45, 2.75) is 38.8 Å². The Labute approximate surface area is 240 Å². The van der Waals surface area contributed by atoms with Gasteiger partial charge in [-0.2, -0.15) is 5.10 Å². The summed E-state index contributed by atoms with van der Waals surface area (Å²) in [6.45, 7) is 8.25. The monoisotopic (exact) mass is 555 g/mol. The van der Waals surface area contributed by atoms with Crippen LogP contribution in [0.4, 0.5) is 16.3 Å². The van der Waals surface area contributed by atoms with Gasteiger partial charge in [-0.3, -0.25) is 10.2 Å². The maximum absolute atomic E-state index is 12.0. The smallest absolute Gasteiger partial charge is 0.411 e. The molecule has 0 spiro atoms. The molecule has 2 aliphatic heterocycles. The SMILES string of the molecule is CCCOC(=O)Nc1ccc(-c2nc(N3CCOCC3)c3cnn(C4CCN(Cc5ccccc5)CC4)c3n2)cc1. The highest BCUT2D eigenvalue weighted by molar-refractivity contribution is 5.89. The molecule has 214 valence electrons. The summed E-state index contributed by atoms with van der Waals surface area (Å²) < 4.78 is 12.9. The van der Waals surface area contributed by atoms with Crippen molar-refractivity contribution in [1.82, 2.24) is 24.6 Å². The Morgan fingerprint density at radius 3 is 2.49 bits per heavy atom. The Hall–Kier alpha value is -4.02. The molecule has 1 N–H and O–H groups in total. The summed E-state index contributed by atoms with van der Waals surface area (Å²) in [6, 6.07) is 18.5. The van der Waals surface area contributed by atoms with Crippen molar-refractivity contribution in [2.75, 3.05) is 56.2 Å². The van der Waals surface area contributed by atoms with Crippen LogP contribution in [0.25, 0.3) is 22.4 Å². The number of rotatable bonds is 8. The van der Waals surface area contributed by atoms with E-state index in [1.54, 1.807) is 0 Å². The highest BCUT2D eigenvalue weighted by Crippen LogP contribution is 2.32. The zero-order valence-electron chi connectivity index (χ0n) is 23.5. The number of carbonyl (C=O) groups excluding carboxylic acids is 1. The first kappa shape index (κ1) is 27.2. The minimum Gasteiger partial charge on any atom is -0.449 e. The lowest BCUT2D eigenvalue weighted by Crippen LogP contribution is -2.37. The van der Waals surface area contributed by atoms with Crippen LogP contribution in [-0.4, -0.2) is 76.7 Å². The zero-order valence-corrected chi connectivity index (χ0v) is 23.5. The van der Waals surface area contributed by atoms with Gasteiger partial charge in [0, 0.05) is 44.0 Å². The molecule has 0 aliphatic carbocycles. The van der Waals surface area contributed by atoms with Gasteiger partial charge in [0.15, 0.2) is 11.5 Å². The second kappa shape index (κ2) is 12.7. The van der Waals surface area contributed by atoms with E-state index in [9.17, 15) is 4.79 Å². The van der Waals surface area contributed by atoms with Crippen LogP contribution in [0.5, 0.6) is 0 Å². The minimum absolute atomic E-state index is 0.278. The van der Waals surface area contributed by atoms with Crippen molar-refractivity contribution < 1.29 is 14.3 Å². The highest BCUT2D eigenvalue weighted by Gasteiger charge is 2.26. The number of piperidine rings is 1. The number of hydrogen-bond donors (Lipinski definition) is 1. The molecule has 0 unspecified atom stereocenters. The fraction of sp³-hybridized carbons (Fsp3) is 0.419. The van der Waals surface area contributed by atoms with E-state index in [0.717, 1.165) is 74.4 Å². The second-order valence-corrected chi connectivity index (χ2v) is 10.6. The summed E-state index contributed by atoms with van der Waals surface area (Å²) in [5.74, 6) is 1.54. The first-order valence-electron chi connectivity index (χ1n) is 14.6. The summed E-state index contributed by atoms with van der Waals surface area (Å²) >= 11 is 0. The van der Waals surface area contributed by atoms with Crippen LogP contribution in [-0.2, 0) is 16.0 Å². The molecular weight excluding hydrogens is 518 g/mol. The van der Waals surface area contributed by atoms with Crippen LogP contribution in [0.2, 0.25) is 0 Å². The largest absolute Gasteiger partial charge is 0.449 e. The average molecular weight is 556 g/mol. The number of aromatic nitrogens is 4. The van der Waals surface area contributed by atoms with Crippen LogP contribution in [0, 0.1) is 0 Å². The van der Waals surface area contributed by atoms with Crippen molar-refractivity contribution >= 4 is 28.6 Å². The van der Waals surface area contributed by atoms with Gasteiger partial charge in [0.2, 0.25) is 0 Å². The number of ether oxygens (including phenoxy) is 2. The highest BCUT2D eigenvalue weighted by atomic mass is 16.5. The minimum atomic E-state index is -0.453. The van der Waals surface area contributed by atoms with Gasteiger partial charge < -0.3 is 14.4 Å². The predicted molar refractivity (Wildman–Crippen MR) is 159 cm³/mol. The van der Waals surface area contributed by atoms with E-state index in [1.807, 2.05) is 37.4 Å². The van der Waals surface area contributed by atoms with Gasteiger partial charge in [-0.1, -0.05) is 37.3 Å². The van der Waals surface area contributed by atoms with Crippen LogP contribution in [0.15, 0.2) is 60.8 Å². The Kier molecular flexibility index (Phi) is 8.39. The molecule has 6 rings (SSSR count). The van der Waals surface area contributed by atoms with E-state index in [0.29, 0.717) is 31.3 Å². The number of carbonyl (C=O) groups is 1. The first-order valence-corrected chi connectivity index (χ1v) is 14.6. The molecule has 4 aromatic rings. The van der Waals surface area contributed by atoms with Crippen molar-refractivity contribution in [3.05, 3.63) is 66.4 Å². The first-order chi connectivity index (χ1) is 20.2. The number of morpholine rings is 1. The molecule has 0 saturated carbocycles. The van der Waals surface area contributed by atoms with E-state index in [2.05, 4.69) is 50.1 Å². The molecule has 1 amide bonds. The summed E-state index contributed by atoms with van der Waals surface area (Å²) in [5.41, 5.74) is 3.75. The molecule has 41 heavy (non-hydrogen) atoms. The predicted octanol–water partition coefficient (Wildman–Crippen LogP) is 5.13. The maximum Gasteiger partial charge on any atom is 0.411 e. The third-order valence-electron chi connectivity index (χ3n) is 7.72. The van der Waals surface area contributed by atoms with Crippen molar-refractivity contribution in [2.24, 2.45) is 0 Å². The van der Waals surface area contributed by atoms with Gasteiger partial charge in [0.1, 0.15) is 5.82 Å². The van der Waals surface area contributed by atoms with Crippen LogP contribution < -0.4 is 10.2 Å². The van der Waals surface area contributed by atoms with Gasteiger partial charge in [0.25, 0.3) is 0 Å². The molecule has 2 aliphatic rings. The number of anilines is 2. The van der Waals surface area contributed by atoms with E-state index in [-0.39, 0.29) is 6.04 Å². The van der Waals surface area contributed by atoms with Crippen molar-refractivity contribution in [3.63, 3.8) is 0 Å². The lowest BCUT2D eigenvalue weighted by molar-refractivity contribution is 0.122. The molecular formula is C31H37N7O3. The topological polar surface area (TPSA) is 97.6 Å². The standard InChI is InChI=1S/C31H37N7O3/c1-2-18-41-31(39)33-25-10-8-24(9-11-25)28-34-29(37-16-19-40-20-17-37)27-21-32-38(30(27)35-28)26-12-14-36(15-13-26)22-23-6-4-3-5-7-23/h3-11,21,26H,2,12-20,22H2,1H3,(H,33,39). The third-order valence-corrected chi connectivity index (χ3v) is 7.72. The Balaban J connectivity index is 1.26. The zero-order chi connectivity index (χ0) is 28.0. The molecule has 0 atom stereocenters. The van der Waals surface area contributed by atoms with Gasteiger partial charge in [0.05, 0.1) is 37.4 Å². The maximum atomic E-state index is 12.0. The lowest BCUT2D eigenvalue weighted by atomic mass is 10.0. The van der Waals surface area contributed by atoms with E-state index >= 15 is 0 Å². The van der Waals surface area contributed by atoms with Crippen LogP contribution in [0.1, 0.15) is 37.8 Å². The number of fused-ring (bicyclic) bond motifs is 1. The fourth-order valence-corrected chi connectivity index (χ4v) is 5.54. The Morgan fingerprint density at radius 1 is 1.00 bits per heavy atom. The number of amides is 1. The summed E-state index contributed by atoms with van der Waals surface area (Å²) in [7, 11) is 0. The number of likely N-dealkylation sites (tertiary alicyclic amines) is 1. The fourth-order valence-electron chi connectivity index (χ4n) is 5.54. The molecule has 10 heteroatoms. The van der Waals surface area contributed by atoms with Gasteiger partial charge in [-0.15, -0.1) is 0 Å². The number of nitrogens with one attached hydrogen (secondary N) is 1. The molecule has 2 saturated heterocycles. The molecule has 4 heterocycles. The van der Waals surface area contributed by atoms with Gasteiger partial charge in [-0.25, -0.2) is 19.4 Å². The third kappa shape index (κ3) is 6.34. The normalized spacial score (nSPS) is 16.7. The summed E-state index contributed by atoms with van der Waals surface area (Å²) in [4.78, 5) is 26.9. The molecule has 2 aromatic carbocycles. The molecule has 0 radical (unpaired) electrons. The van der Waals surface area contributed by atoms with Crippen LogP contribution in [0.3, 0.4) is 0 Å². The lowest BCUT2D eigenvalue weighted by Gasteiger charge is -2.32. The quantitative estimate of drug-likeness (QED) is 0.320. The van der Waals surface area contributed by atoms with Crippen molar-refractivity contribution in [3.8, 4) is 11.4 Å². The molecule has 0 bridgehead atoms. The molecule has 2 fully saturated rings. The molecule has 10 nitrogen and oxygen atoms in total. The van der Waals surface area contributed by atoms with Crippen molar-refractivity contribution in [1.29, 1.82) is 0 Å². The second-order valence-electron chi connectivity index (χ2n) is 10.6. The van der Waals surface area contributed by atoms with Gasteiger partial charge in [-0.05, 0) is 49.1 Å². The number of nitrogens with zero attached hydrogens (tertiary/aromatic N) is 6. The summed E-state index contributed by atoms with van der Waals surface area (Å²) in [5, 5.41) is 8.61.